The molecule has 0 spiro atoms. The fourth-order valence-corrected chi connectivity index (χ4v) is 0.709. The number of hydrogen-bond donors (Lipinski definition) is 0. The molecule has 0 N–H and O–H groups in total. The molecule has 2 nitrogen and oxygen atoms in total. The molecule has 0 bridgehead atoms. The molecule has 50 valence electrons. The summed E-state index contributed by atoms with van der Waals surface area (Å²) in [5, 5.41) is 0. The topological polar surface area (TPSA) is 17.8 Å². The van der Waals surface area contributed by atoms with E-state index in [2.05, 4.69) is 4.98 Å². The lowest BCUT2D eigenvalue weighted by Crippen LogP contribution is -2.09. The van der Waals surface area contributed by atoms with Gasteiger partial charge in [0.25, 0.3) is 3.92 Å². The Morgan fingerprint density at radius 2 is 2.00 bits per heavy atom. The first kappa shape index (κ1) is 7.19. The van der Waals surface area contributed by atoms with Gasteiger partial charge in [-0.3, -0.25) is 4.57 Å². The van der Waals surface area contributed by atoms with Gasteiger partial charge in [-0.15, -0.1) is 0 Å². The monoisotopic (exact) mass is 184 g/mol. The van der Waals surface area contributed by atoms with Crippen molar-refractivity contribution in [3.8, 4) is 0 Å². The zero-order valence-electron chi connectivity index (χ0n) is 4.26. The molecular weight excluding hydrogens is 182 g/mol. The van der Waals surface area contributed by atoms with Gasteiger partial charge in [-0.1, -0.05) is 34.8 Å². The zero-order chi connectivity index (χ0) is 6.91. The third kappa shape index (κ3) is 1.75. The summed E-state index contributed by atoms with van der Waals surface area (Å²) in [6, 6.07) is 0. The minimum absolute atomic E-state index is 1.37. The summed E-state index contributed by atoms with van der Waals surface area (Å²) >= 11 is 16.4. The van der Waals surface area contributed by atoms with Crippen LogP contribution in [0.2, 0.25) is 0 Å². The van der Waals surface area contributed by atoms with Crippen LogP contribution in [0.5, 0.6) is 0 Å². The maximum Gasteiger partial charge on any atom is 0.272 e. The summed E-state index contributed by atoms with van der Waals surface area (Å²) in [5.41, 5.74) is 0. The lowest BCUT2D eigenvalue weighted by Gasteiger charge is -2.10. The quantitative estimate of drug-likeness (QED) is 0.567. The van der Waals surface area contributed by atoms with E-state index in [9.17, 15) is 0 Å². The SMILES string of the molecule is ClC(Cl)(Cl)n1ccnc1. The van der Waals surface area contributed by atoms with Crippen molar-refractivity contribution in [1.82, 2.24) is 9.55 Å². The Morgan fingerprint density at radius 1 is 1.33 bits per heavy atom. The third-order valence-corrected chi connectivity index (χ3v) is 1.38. The van der Waals surface area contributed by atoms with Crippen LogP contribution in [0.4, 0.5) is 0 Å². The molecule has 5 heteroatoms. The molecule has 0 atom stereocenters. The van der Waals surface area contributed by atoms with E-state index in [-0.39, 0.29) is 0 Å². The fourth-order valence-electron chi connectivity index (χ4n) is 0.409. The first-order chi connectivity index (χ1) is 4.11. The lowest BCUT2D eigenvalue weighted by molar-refractivity contribution is 0.787. The lowest BCUT2D eigenvalue weighted by atomic mass is 10.9. The van der Waals surface area contributed by atoms with Crippen LogP contribution in [0.1, 0.15) is 0 Å². The number of imidazole rings is 1. The zero-order valence-corrected chi connectivity index (χ0v) is 6.53. The maximum atomic E-state index is 5.45. The van der Waals surface area contributed by atoms with Gasteiger partial charge in [0.1, 0.15) is 0 Å². The second-order valence-electron chi connectivity index (χ2n) is 1.44. The Labute approximate surface area is 67.3 Å². The fraction of sp³-hybridized carbons (Fsp3) is 0.250. The summed E-state index contributed by atoms with van der Waals surface area (Å²) in [5.74, 6) is 0. The van der Waals surface area contributed by atoms with Gasteiger partial charge in [0, 0.05) is 12.4 Å². The van der Waals surface area contributed by atoms with Crippen molar-refractivity contribution < 1.29 is 0 Å². The molecule has 0 fully saturated rings. The number of halogens is 3. The second kappa shape index (κ2) is 2.37. The molecule has 0 saturated heterocycles. The minimum Gasteiger partial charge on any atom is -0.292 e. The van der Waals surface area contributed by atoms with Crippen molar-refractivity contribution in [2.24, 2.45) is 0 Å². The number of hydrogen-bond acceptors (Lipinski definition) is 1. The van der Waals surface area contributed by atoms with Crippen LogP contribution in [0.15, 0.2) is 18.7 Å². The van der Waals surface area contributed by atoms with Gasteiger partial charge < -0.3 is 0 Å². The van der Waals surface area contributed by atoms with E-state index in [1.54, 1.807) is 12.4 Å². The largest absolute Gasteiger partial charge is 0.292 e. The highest BCUT2D eigenvalue weighted by Crippen LogP contribution is 2.31. The molecule has 9 heavy (non-hydrogen) atoms. The van der Waals surface area contributed by atoms with Crippen LogP contribution in [-0.4, -0.2) is 9.55 Å². The summed E-state index contributed by atoms with van der Waals surface area (Å²) in [6.07, 6.45) is 4.56. The van der Waals surface area contributed by atoms with Crippen molar-refractivity contribution >= 4 is 34.8 Å². The van der Waals surface area contributed by atoms with E-state index in [0.29, 0.717) is 0 Å². The van der Waals surface area contributed by atoms with E-state index < -0.39 is 3.92 Å². The van der Waals surface area contributed by atoms with E-state index in [4.69, 9.17) is 34.8 Å². The number of nitrogens with zero attached hydrogens (tertiary/aromatic N) is 2. The predicted octanol–water partition coefficient (Wildman–Crippen LogP) is 2.17. The number of aromatic nitrogens is 2. The van der Waals surface area contributed by atoms with Gasteiger partial charge in [0.2, 0.25) is 0 Å². The summed E-state index contributed by atoms with van der Waals surface area (Å²) < 4.78 is -0.0336. The molecule has 0 amide bonds. The molecule has 0 unspecified atom stereocenters. The molecule has 0 aliphatic heterocycles. The third-order valence-electron chi connectivity index (χ3n) is 0.797. The van der Waals surface area contributed by atoms with Crippen molar-refractivity contribution in [3.05, 3.63) is 18.7 Å². The van der Waals surface area contributed by atoms with Gasteiger partial charge in [0.05, 0.1) is 6.33 Å². The second-order valence-corrected chi connectivity index (χ2v) is 3.66. The Morgan fingerprint density at radius 3 is 2.22 bits per heavy atom. The first-order valence-corrected chi connectivity index (χ1v) is 3.29. The Balaban J connectivity index is 2.90. The van der Waals surface area contributed by atoms with Crippen LogP contribution in [0.3, 0.4) is 0 Å². The van der Waals surface area contributed by atoms with Gasteiger partial charge in [-0.2, -0.15) is 0 Å². The van der Waals surface area contributed by atoms with Crippen molar-refractivity contribution in [2.75, 3.05) is 0 Å². The van der Waals surface area contributed by atoms with Crippen LogP contribution < -0.4 is 0 Å². The standard InChI is InChI=1S/C4H3Cl3N2/c5-4(6,7)9-2-1-8-3-9/h1-3H. The average molecular weight is 185 g/mol. The van der Waals surface area contributed by atoms with Gasteiger partial charge in [0.15, 0.2) is 0 Å². The molecule has 0 aromatic carbocycles. The smallest absolute Gasteiger partial charge is 0.272 e. The van der Waals surface area contributed by atoms with Gasteiger partial charge in [-0.25, -0.2) is 4.98 Å². The number of alkyl halides is 3. The highest BCUT2D eigenvalue weighted by Gasteiger charge is 2.20. The minimum atomic E-state index is -1.41. The molecule has 0 saturated carbocycles. The average Bonchev–Trinajstić information content (AvgIpc) is 2.08. The highest BCUT2D eigenvalue weighted by atomic mass is 35.6. The van der Waals surface area contributed by atoms with E-state index in [1.807, 2.05) is 0 Å². The first-order valence-electron chi connectivity index (χ1n) is 2.16. The molecule has 0 aliphatic rings. The van der Waals surface area contributed by atoms with Crippen molar-refractivity contribution in [1.29, 1.82) is 0 Å². The summed E-state index contributed by atoms with van der Waals surface area (Å²) in [4.78, 5) is 3.70. The summed E-state index contributed by atoms with van der Waals surface area (Å²) in [7, 11) is 0. The van der Waals surface area contributed by atoms with Crippen molar-refractivity contribution in [2.45, 2.75) is 3.92 Å². The molecule has 1 aromatic heterocycles. The van der Waals surface area contributed by atoms with Crippen LogP contribution >= 0.6 is 34.8 Å². The molecule has 0 aliphatic carbocycles. The van der Waals surface area contributed by atoms with E-state index in [0.717, 1.165) is 0 Å². The molecule has 1 rings (SSSR count). The van der Waals surface area contributed by atoms with E-state index in [1.165, 1.54) is 10.9 Å². The van der Waals surface area contributed by atoms with Gasteiger partial charge in [-0.05, 0) is 0 Å². The molecular formula is C4H3Cl3N2. The van der Waals surface area contributed by atoms with Crippen LogP contribution in [0, 0.1) is 0 Å². The van der Waals surface area contributed by atoms with Crippen molar-refractivity contribution in [3.63, 3.8) is 0 Å². The number of rotatable bonds is 0. The van der Waals surface area contributed by atoms with E-state index >= 15 is 0 Å². The van der Waals surface area contributed by atoms with Crippen LogP contribution in [-0.2, 0) is 3.92 Å². The highest BCUT2D eigenvalue weighted by molar-refractivity contribution is 6.64. The molecule has 0 radical (unpaired) electrons. The predicted molar refractivity (Wildman–Crippen MR) is 37.8 cm³/mol. The normalized spacial score (nSPS) is 11.9. The molecule has 1 heterocycles. The Hall–Kier alpha value is 0.0800. The molecule has 1 aromatic rings. The summed E-state index contributed by atoms with van der Waals surface area (Å²) in [6.45, 7) is 0. The maximum absolute atomic E-state index is 5.45. The Bertz CT molecular complexity index is 176. The van der Waals surface area contributed by atoms with Gasteiger partial charge >= 0.3 is 0 Å². The Kier molecular flexibility index (Phi) is 1.89. The van der Waals surface area contributed by atoms with Crippen LogP contribution in [0.25, 0.3) is 0 Å².